The summed E-state index contributed by atoms with van der Waals surface area (Å²) in [7, 11) is 0. The highest BCUT2D eigenvalue weighted by Crippen LogP contribution is 2.34. The number of hydrogen-bond donors (Lipinski definition) is 0. The average molecular weight is 285 g/mol. The Morgan fingerprint density at radius 1 is 0.905 bits per heavy atom. The van der Waals surface area contributed by atoms with Crippen molar-refractivity contribution in [1.29, 1.82) is 0 Å². The lowest BCUT2D eigenvalue weighted by atomic mass is 9.83. The van der Waals surface area contributed by atoms with Crippen LogP contribution in [0.2, 0.25) is 0 Å². The molecular formula is C20H31N. The monoisotopic (exact) mass is 285 g/mol. The second-order valence-corrected chi connectivity index (χ2v) is 7.36. The Balaban J connectivity index is 1.60. The van der Waals surface area contributed by atoms with Crippen molar-refractivity contribution in [3.8, 4) is 0 Å². The third kappa shape index (κ3) is 3.69. The molecule has 1 nitrogen and oxygen atoms in total. The topological polar surface area (TPSA) is 3.24 Å². The van der Waals surface area contributed by atoms with E-state index < -0.39 is 0 Å². The molecule has 1 aromatic rings. The van der Waals surface area contributed by atoms with E-state index in [1.54, 1.807) is 5.56 Å². The zero-order chi connectivity index (χ0) is 14.7. The minimum atomic E-state index is 0.717. The Morgan fingerprint density at radius 3 is 2.33 bits per heavy atom. The van der Waals surface area contributed by atoms with Crippen molar-refractivity contribution in [2.75, 3.05) is 13.1 Å². The molecule has 0 radical (unpaired) electrons. The first-order valence-electron chi connectivity index (χ1n) is 9.04. The molecule has 2 fully saturated rings. The highest BCUT2D eigenvalue weighted by Gasteiger charge is 2.27. The van der Waals surface area contributed by atoms with E-state index in [1.165, 1.54) is 63.6 Å². The highest BCUT2D eigenvalue weighted by atomic mass is 15.2. The largest absolute Gasteiger partial charge is 0.300 e. The normalized spacial score (nSPS) is 26.7. The van der Waals surface area contributed by atoms with Crippen LogP contribution < -0.4 is 0 Å². The van der Waals surface area contributed by atoms with Gasteiger partial charge < -0.3 is 4.90 Å². The van der Waals surface area contributed by atoms with Crippen LogP contribution in [0.25, 0.3) is 0 Å². The maximum atomic E-state index is 2.81. The van der Waals surface area contributed by atoms with Crippen LogP contribution in [0.15, 0.2) is 24.3 Å². The first-order chi connectivity index (χ1) is 10.2. The fraction of sp³-hybridized carbons (Fsp3) is 0.700. The average Bonchev–Trinajstić information content (AvgIpc) is 2.92. The van der Waals surface area contributed by atoms with Crippen LogP contribution in [0.3, 0.4) is 0 Å². The summed E-state index contributed by atoms with van der Waals surface area (Å²) in [5.41, 5.74) is 2.92. The molecule has 116 valence electrons. The summed E-state index contributed by atoms with van der Waals surface area (Å²) in [6.45, 7) is 7.31. The quantitative estimate of drug-likeness (QED) is 0.743. The predicted molar refractivity (Wildman–Crippen MR) is 90.8 cm³/mol. The molecule has 1 heteroatoms. The van der Waals surface area contributed by atoms with Gasteiger partial charge in [-0.15, -0.1) is 0 Å². The first kappa shape index (κ1) is 15.1. The van der Waals surface area contributed by atoms with Gasteiger partial charge in [-0.2, -0.15) is 0 Å². The summed E-state index contributed by atoms with van der Waals surface area (Å²) in [5, 5.41) is 0. The molecule has 1 saturated carbocycles. The third-order valence-electron chi connectivity index (χ3n) is 5.96. The molecule has 0 aromatic heterocycles. The lowest BCUT2D eigenvalue weighted by Crippen LogP contribution is -2.34. The van der Waals surface area contributed by atoms with Crippen molar-refractivity contribution in [3.63, 3.8) is 0 Å². The summed E-state index contributed by atoms with van der Waals surface area (Å²) >= 11 is 0. The van der Waals surface area contributed by atoms with Gasteiger partial charge in [0.1, 0.15) is 0 Å². The molecule has 2 aliphatic rings. The van der Waals surface area contributed by atoms with E-state index in [2.05, 4.69) is 43.0 Å². The van der Waals surface area contributed by atoms with Gasteiger partial charge in [0.2, 0.25) is 0 Å². The number of benzene rings is 1. The lowest BCUT2D eigenvalue weighted by Gasteiger charge is -2.28. The van der Waals surface area contributed by atoms with Crippen LogP contribution in [-0.4, -0.2) is 24.0 Å². The maximum Gasteiger partial charge on any atom is 0.00952 e. The zero-order valence-electron chi connectivity index (χ0n) is 13.9. The molecule has 3 rings (SSSR count). The number of aryl methyl sites for hydroxylation is 1. The molecule has 21 heavy (non-hydrogen) atoms. The molecule has 0 amide bonds. The smallest absolute Gasteiger partial charge is 0.00952 e. The van der Waals surface area contributed by atoms with Crippen LogP contribution in [0, 0.1) is 12.8 Å². The molecule has 0 spiro atoms. The second-order valence-electron chi connectivity index (χ2n) is 7.36. The minimum absolute atomic E-state index is 0.717. The summed E-state index contributed by atoms with van der Waals surface area (Å²) in [6, 6.07) is 10.2. The summed E-state index contributed by atoms with van der Waals surface area (Å²) in [6.07, 6.45) is 10.0. The van der Waals surface area contributed by atoms with E-state index in [0.29, 0.717) is 5.92 Å². The van der Waals surface area contributed by atoms with Crippen LogP contribution in [0.1, 0.15) is 68.9 Å². The first-order valence-corrected chi connectivity index (χ1v) is 9.04. The van der Waals surface area contributed by atoms with Crippen molar-refractivity contribution in [1.82, 2.24) is 4.90 Å². The van der Waals surface area contributed by atoms with Gasteiger partial charge in [-0.1, -0.05) is 49.6 Å². The van der Waals surface area contributed by atoms with Gasteiger partial charge in [-0.25, -0.2) is 0 Å². The molecule has 0 bridgehead atoms. The molecule has 0 N–H and O–H groups in total. The summed E-state index contributed by atoms with van der Waals surface area (Å²) < 4.78 is 0. The van der Waals surface area contributed by atoms with Crippen LogP contribution in [0.4, 0.5) is 0 Å². The number of hydrogen-bond acceptors (Lipinski definition) is 1. The minimum Gasteiger partial charge on any atom is -0.300 e. The molecule has 1 aromatic carbocycles. The van der Waals surface area contributed by atoms with Crippen LogP contribution in [0.5, 0.6) is 0 Å². The van der Waals surface area contributed by atoms with Gasteiger partial charge in [0.15, 0.2) is 0 Å². The standard InChI is InChI=1S/C20H31N/c1-16-9-11-19(12-10-16)17(2)18-6-5-14-21(15-13-18)20-7-3-4-8-20/h9-12,17-18,20H,3-8,13-15H2,1-2H3. The fourth-order valence-corrected chi connectivity index (χ4v) is 4.42. The number of likely N-dealkylation sites (tertiary alicyclic amines) is 1. The molecule has 2 unspecified atom stereocenters. The van der Waals surface area contributed by atoms with E-state index in [4.69, 9.17) is 0 Å². The van der Waals surface area contributed by atoms with Crippen LogP contribution >= 0.6 is 0 Å². The van der Waals surface area contributed by atoms with E-state index in [0.717, 1.165) is 12.0 Å². The molecule has 1 aliphatic carbocycles. The van der Waals surface area contributed by atoms with E-state index >= 15 is 0 Å². The van der Waals surface area contributed by atoms with Gasteiger partial charge >= 0.3 is 0 Å². The Hall–Kier alpha value is -0.820. The second kappa shape index (κ2) is 6.96. The lowest BCUT2D eigenvalue weighted by molar-refractivity contribution is 0.202. The van der Waals surface area contributed by atoms with Gasteiger partial charge in [0, 0.05) is 6.04 Å². The van der Waals surface area contributed by atoms with E-state index in [9.17, 15) is 0 Å². The van der Waals surface area contributed by atoms with Crippen molar-refractivity contribution in [2.24, 2.45) is 5.92 Å². The molecular weight excluding hydrogens is 254 g/mol. The Kier molecular flexibility index (Phi) is 5.00. The Bertz CT molecular complexity index is 430. The van der Waals surface area contributed by atoms with Crippen molar-refractivity contribution >= 4 is 0 Å². The Morgan fingerprint density at radius 2 is 1.62 bits per heavy atom. The molecule has 2 atom stereocenters. The Labute approximate surface area is 130 Å². The van der Waals surface area contributed by atoms with Crippen molar-refractivity contribution < 1.29 is 0 Å². The SMILES string of the molecule is Cc1ccc(C(C)C2CCCN(C3CCCC3)CC2)cc1. The van der Waals surface area contributed by atoms with Gasteiger partial charge in [0.25, 0.3) is 0 Å². The van der Waals surface area contributed by atoms with Gasteiger partial charge in [-0.3, -0.25) is 0 Å². The fourth-order valence-electron chi connectivity index (χ4n) is 4.42. The maximum absolute atomic E-state index is 2.81. The third-order valence-corrected chi connectivity index (χ3v) is 5.96. The molecule has 1 aliphatic heterocycles. The van der Waals surface area contributed by atoms with E-state index in [-0.39, 0.29) is 0 Å². The number of rotatable bonds is 3. The zero-order valence-corrected chi connectivity index (χ0v) is 13.9. The van der Waals surface area contributed by atoms with E-state index in [1.807, 2.05) is 0 Å². The predicted octanol–water partition coefficient (Wildman–Crippen LogP) is 5.14. The number of nitrogens with zero attached hydrogens (tertiary/aromatic N) is 1. The highest BCUT2D eigenvalue weighted by molar-refractivity contribution is 5.24. The van der Waals surface area contributed by atoms with Crippen LogP contribution in [-0.2, 0) is 0 Å². The summed E-state index contributed by atoms with van der Waals surface area (Å²) in [5.74, 6) is 1.59. The van der Waals surface area contributed by atoms with Gasteiger partial charge in [0.05, 0.1) is 0 Å². The molecule has 1 saturated heterocycles. The van der Waals surface area contributed by atoms with Crippen molar-refractivity contribution in [3.05, 3.63) is 35.4 Å². The van der Waals surface area contributed by atoms with Crippen molar-refractivity contribution in [2.45, 2.75) is 70.8 Å². The van der Waals surface area contributed by atoms with Gasteiger partial charge in [-0.05, 0) is 69.5 Å². The molecule has 1 heterocycles. The summed E-state index contributed by atoms with van der Waals surface area (Å²) in [4.78, 5) is 2.81.